The average Bonchev–Trinajstić information content (AvgIpc) is 2.35. The largest absolute Gasteiger partial charge is 0.464 e. The minimum Gasteiger partial charge on any atom is -0.381 e. The van der Waals surface area contributed by atoms with Crippen molar-refractivity contribution in [1.29, 1.82) is 0 Å². The predicted octanol–water partition coefficient (Wildman–Crippen LogP) is 2.62. The number of unbranched alkanes of at least 4 members (excludes halogenated alkanes) is 2. The number of rotatable bonds is 12. The van der Waals surface area contributed by atoms with Gasteiger partial charge in [-0.3, -0.25) is 0 Å². The zero-order chi connectivity index (χ0) is 16.6. The first-order valence-corrected chi connectivity index (χ1v) is 9.72. The highest BCUT2D eigenvalue weighted by Crippen LogP contribution is 2.20. The van der Waals surface area contributed by atoms with E-state index in [1.807, 2.05) is 13.8 Å². The molecule has 0 radical (unpaired) electrons. The molecule has 0 atom stereocenters. The van der Waals surface area contributed by atoms with Crippen molar-refractivity contribution in [3.05, 3.63) is 0 Å². The molecule has 21 heavy (non-hydrogen) atoms. The van der Waals surface area contributed by atoms with Gasteiger partial charge in [-0.2, -0.15) is 0 Å². The molecule has 0 unspecified atom stereocenters. The Morgan fingerprint density at radius 3 is 1.86 bits per heavy atom. The third-order valence-corrected chi connectivity index (χ3v) is 6.03. The zero-order valence-corrected chi connectivity index (χ0v) is 15.3. The van der Waals surface area contributed by atoms with E-state index in [0.29, 0.717) is 31.3 Å². The minimum absolute atomic E-state index is 0.195. The van der Waals surface area contributed by atoms with Crippen LogP contribution in [0, 0.1) is 0 Å². The lowest BCUT2D eigenvalue weighted by Crippen LogP contribution is -2.37. The van der Waals surface area contributed by atoms with Gasteiger partial charge >= 0.3 is 11.7 Å². The summed E-state index contributed by atoms with van der Waals surface area (Å²) in [7, 11) is -3.49. The van der Waals surface area contributed by atoms with E-state index in [0.717, 1.165) is 32.1 Å². The second kappa shape index (κ2) is 9.12. The molecule has 0 amide bonds. The maximum atomic E-state index is 11.3. The lowest BCUT2D eigenvalue weighted by Gasteiger charge is -2.21. The van der Waals surface area contributed by atoms with E-state index in [-0.39, 0.29) is 4.75 Å². The van der Waals surface area contributed by atoms with Gasteiger partial charge in [-0.15, -0.1) is 0 Å². The molecule has 0 aromatic rings. The summed E-state index contributed by atoms with van der Waals surface area (Å²) >= 11 is 0.656. The third kappa shape index (κ3) is 9.50. The molecule has 0 rings (SSSR count). The van der Waals surface area contributed by atoms with Crippen LogP contribution >= 0.6 is 0 Å². The van der Waals surface area contributed by atoms with E-state index >= 15 is 0 Å². The summed E-state index contributed by atoms with van der Waals surface area (Å²) in [6, 6.07) is 0. The van der Waals surface area contributed by atoms with Crippen LogP contribution in [0.3, 0.4) is 0 Å². The molecule has 0 spiro atoms. The highest BCUT2D eigenvalue weighted by Gasteiger charge is 2.31. The first-order valence-electron chi connectivity index (χ1n) is 7.43. The lowest BCUT2D eigenvalue weighted by atomic mass is 10.1. The molecule has 0 bridgehead atoms. The first-order chi connectivity index (χ1) is 9.52. The minimum atomic E-state index is -3.49. The number of ether oxygens (including phenoxy) is 1. The fourth-order valence-electron chi connectivity index (χ4n) is 1.80. The van der Waals surface area contributed by atoms with Crippen LogP contribution in [0.2, 0.25) is 0 Å². The molecule has 7 heteroatoms. The van der Waals surface area contributed by atoms with Gasteiger partial charge in [0.2, 0.25) is 14.8 Å². The fraction of sp³-hybridized carbons (Fsp3) is 1.00. The van der Waals surface area contributed by atoms with Crippen molar-refractivity contribution in [2.45, 2.75) is 75.7 Å². The van der Waals surface area contributed by atoms with Crippen LogP contribution in [0.5, 0.6) is 0 Å². The molecule has 0 aliphatic carbocycles. The van der Waals surface area contributed by atoms with Gasteiger partial charge < -0.3 is 4.74 Å². The fourth-order valence-corrected chi connectivity index (χ4v) is 2.45. The van der Waals surface area contributed by atoms with Crippen LogP contribution < -0.4 is 5.14 Å². The molecule has 126 valence electrons. The molecule has 0 fully saturated rings. The second-order valence-corrected chi connectivity index (χ2v) is 10.1. The molecular formula is C14H30NO4S2+. The topological polar surface area (TPSA) is 86.5 Å². The van der Waals surface area contributed by atoms with Crippen molar-refractivity contribution in [1.82, 2.24) is 0 Å². The summed E-state index contributed by atoms with van der Waals surface area (Å²) in [6.07, 6.45) is 4.99. The third-order valence-electron chi connectivity index (χ3n) is 3.63. The van der Waals surface area contributed by atoms with Crippen molar-refractivity contribution < 1.29 is 17.4 Å². The van der Waals surface area contributed by atoms with Gasteiger partial charge in [0, 0.05) is 23.8 Å². The summed E-state index contributed by atoms with van der Waals surface area (Å²) in [6.45, 7) is 8.55. The molecule has 0 saturated carbocycles. The van der Waals surface area contributed by atoms with Gasteiger partial charge in [0.25, 0.3) is 0 Å². The van der Waals surface area contributed by atoms with Crippen molar-refractivity contribution in [2.24, 2.45) is 5.14 Å². The Labute approximate surface area is 133 Å². The van der Waals surface area contributed by atoms with Crippen molar-refractivity contribution in [2.75, 3.05) is 13.2 Å². The molecule has 0 aromatic heterocycles. The van der Waals surface area contributed by atoms with Gasteiger partial charge in [0.15, 0.2) is 0 Å². The van der Waals surface area contributed by atoms with Crippen molar-refractivity contribution >= 4 is 21.7 Å². The predicted molar refractivity (Wildman–Crippen MR) is 87.8 cm³/mol. The molecule has 0 heterocycles. The Bertz CT molecular complexity index is 405. The quantitative estimate of drug-likeness (QED) is 0.437. The molecule has 2 N–H and O–H groups in total. The van der Waals surface area contributed by atoms with E-state index in [2.05, 4.69) is 0 Å². The SMILES string of the molecule is CC(C)(CCCCOCCCCC(C)(C)S(N)(=O)=O)[S+]=O. The normalized spacial score (nSPS) is 13.4. The molecule has 0 saturated heterocycles. The van der Waals surface area contributed by atoms with Gasteiger partial charge in [-0.05, 0) is 59.8 Å². The number of hydrogen-bond donors (Lipinski definition) is 1. The van der Waals surface area contributed by atoms with E-state index < -0.39 is 14.8 Å². The monoisotopic (exact) mass is 340 g/mol. The summed E-state index contributed by atoms with van der Waals surface area (Å²) in [5.41, 5.74) is 0. The van der Waals surface area contributed by atoms with E-state index in [1.165, 1.54) is 0 Å². The highest BCUT2D eigenvalue weighted by molar-refractivity contribution is 7.90. The Balaban J connectivity index is 3.56. The number of nitrogens with two attached hydrogens (primary N) is 1. The summed E-state index contributed by atoms with van der Waals surface area (Å²) in [5, 5.41) is 5.17. The van der Waals surface area contributed by atoms with E-state index in [1.54, 1.807) is 13.8 Å². The Morgan fingerprint density at radius 1 is 0.952 bits per heavy atom. The maximum absolute atomic E-state index is 11.3. The van der Waals surface area contributed by atoms with E-state index in [4.69, 9.17) is 9.88 Å². The first kappa shape index (κ1) is 20.9. The van der Waals surface area contributed by atoms with Crippen LogP contribution in [0.4, 0.5) is 0 Å². The Hall–Kier alpha value is -0.110. The van der Waals surface area contributed by atoms with Gasteiger partial charge in [0.1, 0.15) is 0 Å². The van der Waals surface area contributed by atoms with Crippen LogP contribution in [0.1, 0.15) is 66.2 Å². The van der Waals surface area contributed by atoms with Gasteiger partial charge in [0.05, 0.1) is 4.75 Å². The molecule has 5 nitrogen and oxygen atoms in total. The molecule has 0 aromatic carbocycles. The number of sulfonamides is 1. The van der Waals surface area contributed by atoms with Crippen molar-refractivity contribution in [3.8, 4) is 0 Å². The number of hydrogen-bond acceptors (Lipinski definition) is 4. The maximum Gasteiger partial charge on any atom is 0.464 e. The Kier molecular flexibility index (Phi) is 9.08. The number of primary sulfonamides is 1. The van der Waals surface area contributed by atoms with Gasteiger partial charge in [-0.25, -0.2) is 13.6 Å². The second-order valence-electron chi connectivity index (χ2n) is 6.67. The average molecular weight is 341 g/mol. The Morgan fingerprint density at radius 2 is 1.43 bits per heavy atom. The van der Waals surface area contributed by atoms with Crippen LogP contribution in [0.25, 0.3) is 0 Å². The standard InChI is InChI=1S/C14H30NO4S2/c1-13(2,20-16)9-5-7-11-19-12-8-6-10-14(3,4)21(15,17)18/h5-12H2,1-4H3,(H2,15,17,18)/q+1. The summed E-state index contributed by atoms with van der Waals surface area (Å²) in [4.78, 5) is 0. The van der Waals surface area contributed by atoms with Crippen molar-refractivity contribution in [3.63, 3.8) is 0 Å². The molecule has 0 aliphatic rings. The summed E-state index contributed by atoms with van der Waals surface area (Å²) in [5.74, 6) is 0. The van der Waals surface area contributed by atoms with Gasteiger partial charge in [-0.1, -0.05) is 0 Å². The smallest absolute Gasteiger partial charge is 0.381 e. The van der Waals surface area contributed by atoms with Crippen LogP contribution in [0.15, 0.2) is 0 Å². The van der Waals surface area contributed by atoms with Crippen LogP contribution in [-0.2, 0) is 30.6 Å². The molecular weight excluding hydrogens is 310 g/mol. The summed E-state index contributed by atoms with van der Waals surface area (Å²) < 4.78 is 37.9. The van der Waals surface area contributed by atoms with Crippen LogP contribution in [-0.4, -0.2) is 31.1 Å². The van der Waals surface area contributed by atoms with E-state index in [9.17, 15) is 12.6 Å². The zero-order valence-electron chi connectivity index (χ0n) is 13.7. The lowest BCUT2D eigenvalue weighted by molar-refractivity contribution is 0.125. The highest BCUT2D eigenvalue weighted by atomic mass is 32.2. The molecule has 0 aliphatic heterocycles.